The molecule has 0 bridgehead atoms. The zero-order valence-corrected chi connectivity index (χ0v) is 22.3. The second-order valence-electron chi connectivity index (χ2n) is 10.9. The second kappa shape index (κ2) is 14.1. The average Bonchev–Trinajstić information content (AvgIpc) is 3.27. The van der Waals surface area contributed by atoms with E-state index in [9.17, 15) is 40.3 Å². The molecular weight excluding hydrogens is 577 g/mol. The molecule has 3 heterocycles. The number of ether oxygens (including phenoxy) is 6. The summed E-state index contributed by atoms with van der Waals surface area (Å²) in [6.45, 7) is -0.909. The number of hydrogen-bond acceptors (Lipinski definition) is 19. The van der Waals surface area contributed by atoms with Gasteiger partial charge in [-0.2, -0.15) is 4.94 Å². The van der Waals surface area contributed by atoms with Crippen LogP contribution >= 0.6 is 0 Å². The van der Waals surface area contributed by atoms with Gasteiger partial charge in [0.15, 0.2) is 18.9 Å². The number of halogens is 1. The summed E-state index contributed by atoms with van der Waals surface area (Å²) in [5.74, 6) is 0. The van der Waals surface area contributed by atoms with Crippen molar-refractivity contribution in [2.75, 3.05) is 13.2 Å². The first-order valence-electron chi connectivity index (χ1n) is 13.5. The molecule has 17 N–H and O–H groups in total. The Bertz CT molecular complexity index is 872. The van der Waals surface area contributed by atoms with Crippen LogP contribution in [0, 0.1) is 0 Å². The van der Waals surface area contributed by atoms with Crippen LogP contribution in [0.5, 0.6) is 0 Å². The second-order valence-corrected chi connectivity index (χ2v) is 10.9. The third-order valence-electron chi connectivity index (χ3n) is 8.09. The fourth-order valence-corrected chi connectivity index (χ4v) is 5.50. The molecule has 0 spiro atoms. The van der Waals surface area contributed by atoms with Crippen molar-refractivity contribution in [1.29, 1.82) is 0 Å². The minimum Gasteiger partial charge on any atom is -0.394 e. The summed E-state index contributed by atoms with van der Waals surface area (Å²) in [6, 6.07) is -4.54. The summed E-state index contributed by atoms with van der Waals surface area (Å²) >= 11 is 0. The number of aliphatic hydroxyl groups is 7. The van der Waals surface area contributed by atoms with E-state index in [0.717, 1.165) is 0 Å². The third kappa shape index (κ3) is 6.57. The molecule has 0 amide bonds. The molecule has 3 aliphatic heterocycles. The maximum absolute atomic E-state index is 13.5. The zero-order valence-electron chi connectivity index (χ0n) is 22.3. The fraction of sp³-hybridized carbons (Fsp3) is 1.00. The van der Waals surface area contributed by atoms with Crippen molar-refractivity contribution < 1.29 is 73.6 Å². The summed E-state index contributed by atoms with van der Waals surface area (Å²) in [6.07, 6.45) is -22.7. The predicted molar refractivity (Wildman–Crippen MR) is 131 cm³/mol. The topological polar surface area (TPSA) is 336 Å². The Morgan fingerprint density at radius 2 is 1.12 bits per heavy atom. The lowest BCUT2D eigenvalue weighted by atomic mass is 9.84. The van der Waals surface area contributed by atoms with Gasteiger partial charge in [-0.15, -0.1) is 0 Å². The first kappa shape index (κ1) is 34.1. The van der Waals surface area contributed by atoms with Crippen LogP contribution in [-0.2, 0) is 33.4 Å². The zero-order chi connectivity index (χ0) is 31.0. The van der Waals surface area contributed by atoms with E-state index in [1.807, 2.05) is 0 Å². The van der Waals surface area contributed by atoms with Crippen LogP contribution in [-0.4, -0.2) is 165 Å². The molecule has 0 aromatic heterocycles. The van der Waals surface area contributed by atoms with E-state index in [4.69, 9.17) is 57.1 Å². The molecule has 3 saturated heterocycles. The number of nitrogens with two attached hydrogens (primary N) is 5. The van der Waals surface area contributed by atoms with Gasteiger partial charge in [-0.3, -0.25) is 0 Å². The molecule has 4 rings (SSSR count). The van der Waals surface area contributed by atoms with Gasteiger partial charge in [0, 0.05) is 18.6 Å². The number of aliphatic hydroxyl groups excluding tert-OH is 7. The molecule has 19 unspecified atom stereocenters. The van der Waals surface area contributed by atoms with E-state index in [1.54, 1.807) is 0 Å². The molecule has 1 aliphatic carbocycles. The molecule has 4 fully saturated rings. The summed E-state index contributed by atoms with van der Waals surface area (Å²) in [4.78, 5) is 3.79. The van der Waals surface area contributed by atoms with Crippen molar-refractivity contribution in [3.8, 4) is 0 Å². The first-order valence-corrected chi connectivity index (χ1v) is 13.5. The van der Waals surface area contributed by atoms with Crippen LogP contribution in [0.1, 0.15) is 6.42 Å². The van der Waals surface area contributed by atoms with Gasteiger partial charge in [0.2, 0.25) is 6.29 Å². The van der Waals surface area contributed by atoms with Crippen molar-refractivity contribution in [3.05, 3.63) is 0 Å². The maximum Gasteiger partial charge on any atom is 0.228 e. The lowest BCUT2D eigenvalue weighted by Crippen LogP contribution is -2.68. The Morgan fingerprint density at radius 1 is 0.595 bits per heavy atom. The normalized spacial score (nSPS) is 53.8. The van der Waals surface area contributed by atoms with Crippen LogP contribution in [0.15, 0.2) is 0 Å². The molecule has 4 aliphatic rings. The first-order chi connectivity index (χ1) is 19.8. The highest BCUT2D eigenvalue weighted by Crippen LogP contribution is 2.34. The summed E-state index contributed by atoms with van der Waals surface area (Å²) in [5, 5.41) is 72.0. The molecule has 20 heteroatoms. The fourth-order valence-electron chi connectivity index (χ4n) is 5.50. The molecule has 19 atom stereocenters. The minimum absolute atomic E-state index is 0.0195. The van der Waals surface area contributed by atoms with Gasteiger partial charge < -0.3 is 92.8 Å². The van der Waals surface area contributed by atoms with E-state index < -0.39 is 123 Å². The van der Waals surface area contributed by atoms with Crippen LogP contribution in [0.3, 0.4) is 0 Å². The summed E-state index contributed by atoms with van der Waals surface area (Å²) in [5.41, 5.74) is 29.7. The minimum atomic E-state index is -1.92. The molecule has 0 radical (unpaired) electrons. The van der Waals surface area contributed by atoms with Crippen LogP contribution in [0.4, 0.5) is 4.53 Å². The molecular formula is C22H42FN5O14. The van der Waals surface area contributed by atoms with Crippen LogP contribution in [0.2, 0.25) is 0 Å². The van der Waals surface area contributed by atoms with Crippen molar-refractivity contribution in [2.24, 2.45) is 28.7 Å². The van der Waals surface area contributed by atoms with Gasteiger partial charge in [-0.05, 0) is 10.9 Å². The van der Waals surface area contributed by atoms with Crippen molar-refractivity contribution in [2.45, 2.75) is 123 Å². The Morgan fingerprint density at radius 3 is 1.67 bits per heavy atom. The summed E-state index contributed by atoms with van der Waals surface area (Å²) < 4.78 is 47.0. The Labute approximate surface area is 238 Å². The van der Waals surface area contributed by atoms with E-state index in [2.05, 4.69) is 4.94 Å². The highest BCUT2D eigenvalue weighted by Gasteiger charge is 2.55. The highest BCUT2D eigenvalue weighted by atomic mass is 19.3. The molecule has 0 aromatic carbocycles. The lowest BCUT2D eigenvalue weighted by Gasteiger charge is -2.47. The quantitative estimate of drug-likeness (QED) is 0.114. The van der Waals surface area contributed by atoms with Gasteiger partial charge in [0.1, 0.15) is 61.0 Å². The van der Waals surface area contributed by atoms with Gasteiger partial charge >= 0.3 is 0 Å². The third-order valence-corrected chi connectivity index (χ3v) is 8.09. The number of rotatable bonds is 9. The van der Waals surface area contributed by atoms with E-state index in [0.29, 0.717) is 0 Å². The van der Waals surface area contributed by atoms with Gasteiger partial charge in [-0.25, -0.2) is 0 Å². The average molecular weight is 620 g/mol. The molecule has 0 aromatic rings. The van der Waals surface area contributed by atoms with Crippen molar-refractivity contribution >= 4 is 0 Å². The summed E-state index contributed by atoms with van der Waals surface area (Å²) in [7, 11) is 0. The number of hydrogen-bond donors (Lipinski definition) is 12. The lowest BCUT2D eigenvalue weighted by molar-refractivity contribution is -0.342. The Hall–Kier alpha value is -0.830. The predicted octanol–water partition coefficient (Wildman–Crippen LogP) is -8.00. The maximum atomic E-state index is 13.5. The van der Waals surface area contributed by atoms with Crippen LogP contribution < -0.4 is 28.7 Å². The SMILES string of the molecule is NCC1OC(OC2C(OF)OC(OC3C(O)C(N)CC(N)C3OC3OC(CO)C(O)C(O)C3N)C2O)C(N)C(O)C1O. The van der Waals surface area contributed by atoms with Crippen molar-refractivity contribution in [3.63, 3.8) is 0 Å². The molecule has 1 saturated carbocycles. The van der Waals surface area contributed by atoms with Gasteiger partial charge in [0.05, 0.1) is 24.8 Å². The standard InChI is InChI=1S/C22H42FN5O14/c23-42-22-18(40-19-8(27)13(33)11(31)6(2-24)36-19)15(35)21(41-22)39-17-10(30)4(25)1-5(26)16(17)38-20-9(28)14(34)12(32)7(3-29)37-20/h4-22,29-35H,1-3,24-28H2. The monoisotopic (exact) mass is 619 g/mol. The van der Waals surface area contributed by atoms with E-state index >= 15 is 0 Å². The molecule has 42 heavy (non-hydrogen) atoms. The van der Waals surface area contributed by atoms with Gasteiger partial charge in [-0.1, -0.05) is 0 Å². The highest BCUT2D eigenvalue weighted by molar-refractivity contribution is 5.01. The van der Waals surface area contributed by atoms with Crippen LogP contribution in [0.25, 0.3) is 0 Å². The Balaban J connectivity index is 1.50. The smallest absolute Gasteiger partial charge is 0.228 e. The van der Waals surface area contributed by atoms with Crippen molar-refractivity contribution in [1.82, 2.24) is 0 Å². The van der Waals surface area contributed by atoms with E-state index in [1.165, 1.54) is 0 Å². The Kier molecular flexibility index (Phi) is 11.4. The largest absolute Gasteiger partial charge is 0.394 e. The van der Waals surface area contributed by atoms with E-state index in [-0.39, 0.29) is 13.0 Å². The molecule has 246 valence electrons. The van der Waals surface area contributed by atoms with Gasteiger partial charge in [0.25, 0.3) is 0 Å². The molecule has 19 nitrogen and oxygen atoms in total.